The summed E-state index contributed by atoms with van der Waals surface area (Å²) >= 11 is 6.23. The Morgan fingerprint density at radius 1 is 0.800 bits per heavy atom. The Hall–Kier alpha value is -2.91. The maximum Gasteiger partial charge on any atom is 0.161 e. The summed E-state index contributed by atoms with van der Waals surface area (Å²) in [7, 11) is 0. The first kappa shape index (κ1) is 15.6. The molecule has 0 bridgehead atoms. The molecule has 4 heteroatoms. The Balaban J connectivity index is 1.82. The predicted octanol–water partition coefficient (Wildman–Crippen LogP) is 6.00. The second-order valence-corrected chi connectivity index (χ2v) is 6.30. The zero-order valence-corrected chi connectivity index (χ0v) is 14.5. The van der Waals surface area contributed by atoms with Crippen LogP contribution in [0.1, 0.15) is 5.56 Å². The van der Waals surface area contributed by atoms with Gasteiger partial charge in [0.1, 0.15) is 5.69 Å². The Kier molecular flexibility index (Phi) is 4.08. The van der Waals surface area contributed by atoms with E-state index in [2.05, 4.69) is 27.6 Å². The van der Waals surface area contributed by atoms with Gasteiger partial charge in [-0.2, -0.15) is 0 Å². The average molecular weight is 346 g/mol. The highest BCUT2D eigenvalue weighted by Crippen LogP contribution is 2.31. The highest BCUT2D eigenvalue weighted by Gasteiger charge is 2.11. The minimum absolute atomic E-state index is 0.718. The topological polar surface area (TPSA) is 37.8 Å². The quantitative estimate of drug-likeness (QED) is 0.494. The van der Waals surface area contributed by atoms with Gasteiger partial charge in [0.25, 0.3) is 0 Å². The largest absolute Gasteiger partial charge is 0.338 e. The summed E-state index contributed by atoms with van der Waals surface area (Å²) in [5.41, 5.74) is 3.87. The van der Waals surface area contributed by atoms with E-state index in [9.17, 15) is 0 Å². The molecule has 25 heavy (non-hydrogen) atoms. The van der Waals surface area contributed by atoms with Crippen LogP contribution in [0.2, 0.25) is 5.02 Å². The van der Waals surface area contributed by atoms with E-state index in [1.807, 2.05) is 67.6 Å². The Bertz CT molecular complexity index is 1050. The van der Waals surface area contributed by atoms with Crippen molar-refractivity contribution in [2.24, 2.45) is 0 Å². The number of nitrogens with one attached hydrogen (secondary N) is 1. The monoisotopic (exact) mass is 345 g/mol. The number of halogens is 1. The van der Waals surface area contributed by atoms with Gasteiger partial charge in [0, 0.05) is 27.0 Å². The molecule has 0 fully saturated rings. The molecule has 3 nitrogen and oxygen atoms in total. The van der Waals surface area contributed by atoms with Crippen LogP contribution in [0.5, 0.6) is 0 Å². The number of hydrogen-bond donors (Lipinski definition) is 1. The van der Waals surface area contributed by atoms with Crippen molar-refractivity contribution in [3.05, 3.63) is 83.4 Å². The second kappa shape index (κ2) is 6.54. The van der Waals surface area contributed by atoms with Crippen molar-refractivity contribution in [3.63, 3.8) is 0 Å². The highest BCUT2D eigenvalue weighted by atomic mass is 35.5. The first-order valence-electron chi connectivity index (χ1n) is 8.06. The highest BCUT2D eigenvalue weighted by molar-refractivity contribution is 6.31. The number of fused-ring (bicyclic) bond motifs is 1. The lowest BCUT2D eigenvalue weighted by Crippen LogP contribution is -1.99. The van der Waals surface area contributed by atoms with E-state index in [4.69, 9.17) is 11.6 Å². The normalized spacial score (nSPS) is 10.8. The number of rotatable bonds is 3. The van der Waals surface area contributed by atoms with E-state index in [-0.39, 0.29) is 0 Å². The van der Waals surface area contributed by atoms with Gasteiger partial charge in [0.15, 0.2) is 5.82 Å². The third kappa shape index (κ3) is 3.06. The fourth-order valence-electron chi connectivity index (χ4n) is 2.81. The first-order chi connectivity index (χ1) is 12.2. The summed E-state index contributed by atoms with van der Waals surface area (Å²) in [6.07, 6.45) is 0. The third-order valence-corrected chi connectivity index (χ3v) is 4.58. The van der Waals surface area contributed by atoms with Crippen molar-refractivity contribution < 1.29 is 0 Å². The van der Waals surface area contributed by atoms with Gasteiger partial charge in [-0.15, -0.1) is 10.2 Å². The molecule has 0 atom stereocenters. The van der Waals surface area contributed by atoms with Gasteiger partial charge in [-0.1, -0.05) is 72.3 Å². The Labute approximate surface area is 151 Å². The molecule has 1 aromatic heterocycles. The van der Waals surface area contributed by atoms with Crippen LogP contribution in [0.15, 0.2) is 72.8 Å². The zero-order valence-electron chi connectivity index (χ0n) is 13.7. The van der Waals surface area contributed by atoms with Crippen LogP contribution in [0, 0.1) is 6.92 Å². The summed E-state index contributed by atoms with van der Waals surface area (Å²) in [5, 5.41) is 15.0. The van der Waals surface area contributed by atoms with Crippen LogP contribution in [0.4, 0.5) is 11.5 Å². The van der Waals surface area contributed by atoms with Gasteiger partial charge in [-0.25, -0.2) is 0 Å². The molecule has 0 saturated carbocycles. The number of nitrogens with zero attached hydrogens (tertiary/aromatic N) is 2. The van der Waals surface area contributed by atoms with E-state index in [0.29, 0.717) is 0 Å². The van der Waals surface area contributed by atoms with Gasteiger partial charge >= 0.3 is 0 Å². The standard InChI is InChI=1S/C21H16ClN3/c1-14-11-12-16(13-19(14)22)23-21-18-10-6-5-9-17(18)20(24-25-21)15-7-3-2-4-8-15/h2-13H,1H3,(H,23,25). The Morgan fingerprint density at radius 3 is 2.28 bits per heavy atom. The molecular formula is C21H16ClN3. The van der Waals surface area contributed by atoms with Gasteiger partial charge in [-0.3, -0.25) is 0 Å². The van der Waals surface area contributed by atoms with Crippen molar-refractivity contribution >= 4 is 33.9 Å². The number of benzene rings is 3. The summed E-state index contributed by atoms with van der Waals surface area (Å²) < 4.78 is 0. The molecule has 0 aliphatic heterocycles. The molecule has 0 amide bonds. The van der Waals surface area contributed by atoms with Crippen LogP contribution in [0.25, 0.3) is 22.0 Å². The predicted molar refractivity (Wildman–Crippen MR) is 104 cm³/mol. The minimum atomic E-state index is 0.718. The van der Waals surface area contributed by atoms with Crippen molar-refractivity contribution in [2.75, 3.05) is 5.32 Å². The van der Waals surface area contributed by atoms with Gasteiger partial charge in [-0.05, 0) is 24.6 Å². The third-order valence-electron chi connectivity index (χ3n) is 4.17. The maximum absolute atomic E-state index is 6.23. The average Bonchev–Trinajstić information content (AvgIpc) is 2.66. The lowest BCUT2D eigenvalue weighted by Gasteiger charge is -2.12. The molecule has 1 N–H and O–H groups in total. The van der Waals surface area contributed by atoms with Crippen molar-refractivity contribution in [2.45, 2.75) is 6.92 Å². The van der Waals surface area contributed by atoms with E-state index in [0.717, 1.165) is 44.1 Å². The zero-order chi connectivity index (χ0) is 17.2. The van der Waals surface area contributed by atoms with Crippen LogP contribution in [0.3, 0.4) is 0 Å². The van der Waals surface area contributed by atoms with Gasteiger partial charge in [0.05, 0.1) is 0 Å². The molecule has 0 radical (unpaired) electrons. The fraction of sp³-hybridized carbons (Fsp3) is 0.0476. The molecule has 0 aliphatic rings. The summed E-state index contributed by atoms with van der Waals surface area (Å²) in [6.45, 7) is 1.98. The number of anilines is 2. The van der Waals surface area contributed by atoms with Gasteiger partial charge < -0.3 is 5.32 Å². The van der Waals surface area contributed by atoms with E-state index >= 15 is 0 Å². The van der Waals surface area contributed by atoms with E-state index in [1.165, 1.54) is 0 Å². The molecule has 3 aromatic carbocycles. The molecule has 4 aromatic rings. The van der Waals surface area contributed by atoms with Gasteiger partial charge in [0.2, 0.25) is 0 Å². The summed E-state index contributed by atoms with van der Waals surface area (Å²) in [6, 6.07) is 24.1. The van der Waals surface area contributed by atoms with Crippen LogP contribution in [-0.2, 0) is 0 Å². The molecule has 122 valence electrons. The SMILES string of the molecule is Cc1ccc(Nc2nnc(-c3ccccc3)c3ccccc23)cc1Cl. The first-order valence-corrected chi connectivity index (χ1v) is 8.44. The van der Waals surface area contributed by atoms with E-state index < -0.39 is 0 Å². The second-order valence-electron chi connectivity index (χ2n) is 5.90. The van der Waals surface area contributed by atoms with E-state index in [1.54, 1.807) is 0 Å². The molecule has 0 saturated heterocycles. The van der Waals surface area contributed by atoms with Crippen LogP contribution >= 0.6 is 11.6 Å². The summed E-state index contributed by atoms with van der Waals surface area (Å²) in [4.78, 5) is 0. The smallest absolute Gasteiger partial charge is 0.161 e. The maximum atomic E-state index is 6.23. The van der Waals surface area contributed by atoms with Crippen LogP contribution in [-0.4, -0.2) is 10.2 Å². The van der Waals surface area contributed by atoms with Crippen molar-refractivity contribution in [1.82, 2.24) is 10.2 Å². The van der Waals surface area contributed by atoms with Crippen molar-refractivity contribution in [1.29, 1.82) is 0 Å². The van der Waals surface area contributed by atoms with Crippen LogP contribution < -0.4 is 5.32 Å². The summed E-state index contributed by atoms with van der Waals surface area (Å²) in [5.74, 6) is 0.718. The lowest BCUT2D eigenvalue weighted by molar-refractivity contribution is 1.06. The number of aryl methyl sites for hydroxylation is 1. The molecule has 1 heterocycles. The molecule has 0 spiro atoms. The molecule has 0 aliphatic carbocycles. The Morgan fingerprint density at radius 2 is 1.52 bits per heavy atom. The molecule has 4 rings (SSSR count). The number of hydrogen-bond acceptors (Lipinski definition) is 3. The minimum Gasteiger partial charge on any atom is -0.338 e. The number of aromatic nitrogens is 2. The fourth-order valence-corrected chi connectivity index (χ4v) is 2.99. The molecule has 0 unspecified atom stereocenters. The molecular weight excluding hydrogens is 330 g/mol. The lowest BCUT2D eigenvalue weighted by atomic mass is 10.0. The van der Waals surface area contributed by atoms with Crippen molar-refractivity contribution in [3.8, 4) is 11.3 Å².